The highest BCUT2D eigenvalue weighted by molar-refractivity contribution is 6.33. The molecule has 3 aromatic rings. The summed E-state index contributed by atoms with van der Waals surface area (Å²) in [6.07, 6.45) is 3.04. The molecular formula is C19H16Cl2FN3. The number of aromatic nitrogens is 2. The Labute approximate surface area is 155 Å². The van der Waals surface area contributed by atoms with Crippen molar-refractivity contribution in [3.05, 3.63) is 63.9 Å². The number of nitrogens with one attached hydrogen (secondary N) is 1. The maximum Gasteiger partial charge on any atom is 0.133 e. The predicted molar refractivity (Wildman–Crippen MR) is 100 cm³/mol. The lowest BCUT2D eigenvalue weighted by Gasteiger charge is -2.09. The zero-order valence-electron chi connectivity index (χ0n) is 13.4. The smallest absolute Gasteiger partial charge is 0.133 e. The molecule has 128 valence electrons. The third kappa shape index (κ3) is 3.12. The van der Waals surface area contributed by atoms with E-state index in [4.69, 9.17) is 28.3 Å². The van der Waals surface area contributed by atoms with E-state index >= 15 is 0 Å². The van der Waals surface area contributed by atoms with Crippen molar-refractivity contribution in [1.29, 1.82) is 0 Å². The van der Waals surface area contributed by atoms with Gasteiger partial charge < -0.3 is 5.32 Å². The second kappa shape index (κ2) is 6.70. The van der Waals surface area contributed by atoms with Crippen LogP contribution >= 0.6 is 23.2 Å². The molecule has 1 aliphatic rings. The fourth-order valence-electron chi connectivity index (χ4n) is 3.19. The van der Waals surface area contributed by atoms with Crippen molar-refractivity contribution < 1.29 is 4.39 Å². The third-order valence-electron chi connectivity index (χ3n) is 4.37. The van der Waals surface area contributed by atoms with E-state index in [0.717, 1.165) is 54.1 Å². The summed E-state index contributed by atoms with van der Waals surface area (Å²) >= 11 is 12.4. The zero-order valence-corrected chi connectivity index (χ0v) is 14.9. The van der Waals surface area contributed by atoms with Crippen LogP contribution in [0.2, 0.25) is 10.0 Å². The number of hydrogen-bond acceptors (Lipinski definition) is 2. The summed E-state index contributed by atoms with van der Waals surface area (Å²) in [4.78, 5) is 0. The van der Waals surface area contributed by atoms with E-state index in [-0.39, 0.29) is 5.82 Å². The fourth-order valence-corrected chi connectivity index (χ4v) is 3.64. The second-order valence-corrected chi connectivity index (χ2v) is 6.92. The molecule has 1 N–H and O–H groups in total. The number of halogens is 3. The predicted octanol–water partition coefficient (Wildman–Crippen LogP) is 5.73. The Morgan fingerprint density at radius 1 is 1.08 bits per heavy atom. The van der Waals surface area contributed by atoms with Gasteiger partial charge >= 0.3 is 0 Å². The molecule has 0 aliphatic carbocycles. The molecule has 2 aromatic carbocycles. The Hall–Kier alpha value is -2.04. The second-order valence-electron chi connectivity index (χ2n) is 6.08. The summed E-state index contributed by atoms with van der Waals surface area (Å²) in [7, 11) is 0. The van der Waals surface area contributed by atoms with Crippen molar-refractivity contribution in [2.24, 2.45) is 0 Å². The lowest BCUT2D eigenvalue weighted by Crippen LogP contribution is -2.07. The minimum absolute atomic E-state index is 0.354. The standard InChI is InChI=1S/C19H16Cl2FN3/c20-12-4-3-5-14(10-12)25-19-16(6-1-2-9-23-19)18(24-25)15-8-7-13(22)11-17(15)21/h3-5,7-8,10-11,23H,1-2,6,9H2. The molecule has 0 saturated carbocycles. The minimum Gasteiger partial charge on any atom is -0.370 e. The average Bonchev–Trinajstić information content (AvgIpc) is 2.77. The molecule has 2 heterocycles. The van der Waals surface area contributed by atoms with E-state index in [2.05, 4.69) is 5.32 Å². The number of nitrogens with zero attached hydrogens (tertiary/aromatic N) is 2. The van der Waals surface area contributed by atoms with Gasteiger partial charge in [-0.1, -0.05) is 29.3 Å². The molecule has 0 fully saturated rings. The Bertz CT molecular complexity index is 936. The van der Waals surface area contributed by atoms with Crippen LogP contribution in [-0.4, -0.2) is 16.3 Å². The van der Waals surface area contributed by atoms with Crippen molar-refractivity contribution in [1.82, 2.24) is 9.78 Å². The monoisotopic (exact) mass is 375 g/mol. The highest BCUT2D eigenvalue weighted by atomic mass is 35.5. The lowest BCUT2D eigenvalue weighted by atomic mass is 10.0. The number of fused-ring (bicyclic) bond motifs is 1. The third-order valence-corrected chi connectivity index (χ3v) is 4.92. The first-order valence-corrected chi connectivity index (χ1v) is 8.96. The molecule has 6 heteroatoms. The number of anilines is 1. The molecule has 0 spiro atoms. The normalized spacial score (nSPS) is 13.9. The van der Waals surface area contributed by atoms with Crippen LogP contribution in [0.5, 0.6) is 0 Å². The van der Waals surface area contributed by atoms with E-state index < -0.39 is 0 Å². The summed E-state index contributed by atoms with van der Waals surface area (Å²) in [5.74, 6) is 0.599. The van der Waals surface area contributed by atoms with Gasteiger partial charge in [0.2, 0.25) is 0 Å². The van der Waals surface area contributed by atoms with Crippen LogP contribution in [0, 0.1) is 5.82 Å². The Kier molecular flexibility index (Phi) is 4.40. The summed E-state index contributed by atoms with van der Waals surface area (Å²) in [6.45, 7) is 0.885. The van der Waals surface area contributed by atoms with Gasteiger partial charge in [0.15, 0.2) is 0 Å². The van der Waals surface area contributed by atoms with Crippen molar-refractivity contribution in [2.45, 2.75) is 19.3 Å². The van der Waals surface area contributed by atoms with Gasteiger partial charge in [-0.15, -0.1) is 0 Å². The van der Waals surface area contributed by atoms with Gasteiger partial charge in [-0.3, -0.25) is 0 Å². The van der Waals surface area contributed by atoms with Gasteiger partial charge in [-0.25, -0.2) is 9.07 Å². The molecule has 1 aliphatic heterocycles. The molecule has 3 nitrogen and oxygen atoms in total. The SMILES string of the molecule is Fc1ccc(-c2nn(-c3cccc(Cl)c3)c3c2CCCCN3)c(Cl)c1. The molecule has 0 atom stereocenters. The highest BCUT2D eigenvalue weighted by Crippen LogP contribution is 2.37. The maximum atomic E-state index is 13.4. The zero-order chi connectivity index (χ0) is 17.4. The molecule has 25 heavy (non-hydrogen) atoms. The summed E-state index contributed by atoms with van der Waals surface area (Å²) in [5, 5.41) is 9.28. The molecular weight excluding hydrogens is 360 g/mol. The topological polar surface area (TPSA) is 29.9 Å². The summed E-state index contributed by atoms with van der Waals surface area (Å²) in [5.41, 5.74) is 3.51. The van der Waals surface area contributed by atoms with E-state index in [9.17, 15) is 4.39 Å². The van der Waals surface area contributed by atoms with Crippen molar-refractivity contribution >= 4 is 29.0 Å². The number of benzene rings is 2. The van der Waals surface area contributed by atoms with E-state index in [1.165, 1.54) is 12.1 Å². The van der Waals surface area contributed by atoms with Crippen LogP contribution in [0.15, 0.2) is 42.5 Å². The van der Waals surface area contributed by atoms with Crippen molar-refractivity contribution in [3.63, 3.8) is 0 Å². The average molecular weight is 376 g/mol. The Morgan fingerprint density at radius 3 is 2.76 bits per heavy atom. The highest BCUT2D eigenvalue weighted by Gasteiger charge is 2.23. The van der Waals surface area contributed by atoms with E-state index in [0.29, 0.717) is 10.0 Å². The number of hydrogen-bond donors (Lipinski definition) is 1. The number of rotatable bonds is 2. The van der Waals surface area contributed by atoms with Crippen LogP contribution in [0.4, 0.5) is 10.2 Å². The van der Waals surface area contributed by atoms with Crippen LogP contribution in [0.25, 0.3) is 16.9 Å². The molecule has 0 unspecified atom stereocenters. The maximum absolute atomic E-state index is 13.4. The molecule has 0 bridgehead atoms. The van der Waals surface area contributed by atoms with Crippen molar-refractivity contribution in [2.75, 3.05) is 11.9 Å². The van der Waals surface area contributed by atoms with Gasteiger partial charge in [0.1, 0.15) is 11.6 Å². The van der Waals surface area contributed by atoms with Gasteiger partial charge in [-0.05, 0) is 55.7 Å². The van der Waals surface area contributed by atoms with Gasteiger partial charge in [-0.2, -0.15) is 5.10 Å². The largest absolute Gasteiger partial charge is 0.370 e. The first-order valence-electron chi connectivity index (χ1n) is 8.20. The summed E-state index contributed by atoms with van der Waals surface area (Å²) < 4.78 is 15.3. The van der Waals surface area contributed by atoms with E-state index in [1.54, 1.807) is 6.07 Å². The first kappa shape index (κ1) is 16.4. The first-order chi connectivity index (χ1) is 12.1. The van der Waals surface area contributed by atoms with Crippen LogP contribution in [-0.2, 0) is 6.42 Å². The van der Waals surface area contributed by atoms with Crippen LogP contribution in [0.3, 0.4) is 0 Å². The minimum atomic E-state index is -0.354. The van der Waals surface area contributed by atoms with Crippen molar-refractivity contribution in [3.8, 4) is 16.9 Å². The Balaban J connectivity index is 1.93. The van der Waals surface area contributed by atoms with E-state index in [1.807, 2.05) is 28.9 Å². The molecule has 0 radical (unpaired) electrons. The molecule has 1 aromatic heterocycles. The molecule has 4 rings (SSSR count). The molecule has 0 amide bonds. The van der Waals surface area contributed by atoms with Crippen LogP contribution < -0.4 is 5.32 Å². The van der Waals surface area contributed by atoms with Crippen LogP contribution in [0.1, 0.15) is 18.4 Å². The molecule has 0 saturated heterocycles. The fraction of sp³-hybridized carbons (Fsp3) is 0.211. The van der Waals surface area contributed by atoms with Gasteiger partial charge in [0.05, 0.1) is 16.4 Å². The lowest BCUT2D eigenvalue weighted by molar-refractivity contribution is 0.628. The quantitative estimate of drug-likeness (QED) is 0.619. The van der Waals surface area contributed by atoms with Gasteiger partial charge in [0.25, 0.3) is 0 Å². The van der Waals surface area contributed by atoms with Gasteiger partial charge in [0, 0.05) is 22.7 Å². The Morgan fingerprint density at radius 2 is 1.96 bits per heavy atom. The summed E-state index contributed by atoms with van der Waals surface area (Å²) in [6, 6.07) is 12.0.